The predicted octanol–water partition coefficient (Wildman–Crippen LogP) is 2.73. The van der Waals surface area contributed by atoms with E-state index in [2.05, 4.69) is 5.32 Å². The smallest absolute Gasteiger partial charge is 0.480 e. The van der Waals surface area contributed by atoms with Gasteiger partial charge < -0.3 is 29.4 Å². The molecule has 10 nitrogen and oxygen atoms in total. The van der Waals surface area contributed by atoms with Crippen LogP contribution < -0.4 is 19.5 Å². The van der Waals surface area contributed by atoms with Gasteiger partial charge in [-0.25, -0.2) is 4.79 Å². The summed E-state index contributed by atoms with van der Waals surface area (Å²) in [4.78, 5) is 46.2. The number of aliphatic carboxylic acids is 1. The first-order valence-electron chi connectivity index (χ1n) is 10.0. The first-order valence-corrected chi connectivity index (χ1v) is 10.0. The molecule has 2 atom stereocenters. The van der Waals surface area contributed by atoms with Crippen LogP contribution in [0.25, 0.3) is 0 Å². The molecular formula is C23H25NO9. The lowest BCUT2D eigenvalue weighted by Gasteiger charge is -2.19. The van der Waals surface area contributed by atoms with Crippen LogP contribution in [0.5, 0.6) is 17.2 Å². The van der Waals surface area contributed by atoms with Crippen molar-refractivity contribution in [3.63, 3.8) is 0 Å². The fourth-order valence-electron chi connectivity index (χ4n) is 2.76. The highest BCUT2D eigenvalue weighted by atomic mass is 16.7. The molecule has 33 heavy (non-hydrogen) atoms. The standard InChI is InChI=1S/C23H25NO9/c1-14(30-23(29)33-18-7-5-4-6-8-18)13-24-19(22(27)28)11-17-9-10-20(31-15(2)25)21(12-17)32-16(3)26/h4-10,12,14,19,24H,11,13H2,1-3H3,(H,27,28)/t14?,19-/m0/s1. The van der Waals surface area contributed by atoms with Crippen molar-refractivity contribution < 1.29 is 43.2 Å². The Balaban J connectivity index is 1.98. The largest absolute Gasteiger partial charge is 0.514 e. The van der Waals surface area contributed by atoms with E-state index in [0.717, 1.165) is 0 Å². The molecule has 176 valence electrons. The summed E-state index contributed by atoms with van der Waals surface area (Å²) >= 11 is 0. The molecule has 0 aliphatic heterocycles. The van der Waals surface area contributed by atoms with E-state index in [9.17, 15) is 24.3 Å². The molecule has 2 aromatic rings. The van der Waals surface area contributed by atoms with Gasteiger partial charge in [0.05, 0.1) is 0 Å². The molecule has 0 fully saturated rings. The number of ether oxygens (including phenoxy) is 4. The van der Waals surface area contributed by atoms with Crippen molar-refractivity contribution in [2.75, 3.05) is 6.54 Å². The highest BCUT2D eigenvalue weighted by Gasteiger charge is 2.21. The quantitative estimate of drug-likeness (QED) is 0.310. The number of esters is 2. The number of carbonyl (C=O) groups excluding carboxylic acids is 3. The molecule has 1 unspecified atom stereocenters. The van der Waals surface area contributed by atoms with Crippen LogP contribution in [0.15, 0.2) is 48.5 Å². The fourth-order valence-corrected chi connectivity index (χ4v) is 2.76. The van der Waals surface area contributed by atoms with Gasteiger partial charge in [-0.3, -0.25) is 14.4 Å². The summed E-state index contributed by atoms with van der Waals surface area (Å²) in [6.07, 6.45) is -1.56. The van der Waals surface area contributed by atoms with Crippen LogP contribution in [0, 0.1) is 0 Å². The Morgan fingerprint density at radius 2 is 1.55 bits per heavy atom. The molecule has 0 aromatic heterocycles. The third kappa shape index (κ3) is 8.99. The summed E-state index contributed by atoms with van der Waals surface area (Å²) in [5.41, 5.74) is 0.513. The number of para-hydroxylation sites is 1. The lowest BCUT2D eigenvalue weighted by molar-refractivity contribution is -0.139. The summed E-state index contributed by atoms with van der Waals surface area (Å²) in [6, 6.07) is 11.7. The molecule has 0 saturated carbocycles. The number of rotatable bonds is 10. The molecule has 2 rings (SSSR count). The van der Waals surface area contributed by atoms with Crippen LogP contribution in [0.4, 0.5) is 4.79 Å². The van der Waals surface area contributed by atoms with Gasteiger partial charge in [0.25, 0.3) is 0 Å². The Bertz CT molecular complexity index is 991. The second-order valence-corrected chi connectivity index (χ2v) is 7.07. The molecule has 2 aromatic carbocycles. The molecule has 0 aliphatic rings. The number of carboxylic acids is 1. The molecule has 0 heterocycles. The van der Waals surface area contributed by atoms with E-state index < -0.39 is 36.2 Å². The van der Waals surface area contributed by atoms with Crippen molar-refractivity contribution in [3.05, 3.63) is 54.1 Å². The minimum absolute atomic E-state index is 0.000280. The number of hydrogen-bond acceptors (Lipinski definition) is 9. The molecule has 0 saturated heterocycles. The van der Waals surface area contributed by atoms with Crippen molar-refractivity contribution in [1.29, 1.82) is 0 Å². The summed E-state index contributed by atoms with van der Waals surface area (Å²) < 4.78 is 20.2. The Kier molecular flexibility index (Phi) is 9.37. The van der Waals surface area contributed by atoms with Crippen LogP contribution in [-0.2, 0) is 25.5 Å². The third-order valence-corrected chi connectivity index (χ3v) is 4.15. The van der Waals surface area contributed by atoms with Crippen molar-refractivity contribution in [1.82, 2.24) is 5.32 Å². The zero-order chi connectivity index (χ0) is 24.4. The predicted molar refractivity (Wildman–Crippen MR) is 115 cm³/mol. The number of carboxylic acid groups (broad SMARTS) is 1. The van der Waals surface area contributed by atoms with Crippen LogP contribution in [0.3, 0.4) is 0 Å². The van der Waals surface area contributed by atoms with E-state index in [-0.39, 0.29) is 24.5 Å². The van der Waals surface area contributed by atoms with Crippen molar-refractivity contribution in [2.45, 2.75) is 39.3 Å². The highest BCUT2D eigenvalue weighted by Crippen LogP contribution is 2.29. The summed E-state index contributed by atoms with van der Waals surface area (Å²) in [6.45, 7) is 4.03. The van der Waals surface area contributed by atoms with Crippen molar-refractivity contribution in [3.8, 4) is 17.2 Å². The zero-order valence-electron chi connectivity index (χ0n) is 18.4. The molecule has 0 radical (unpaired) electrons. The van der Waals surface area contributed by atoms with Crippen LogP contribution in [-0.4, -0.2) is 47.9 Å². The lowest BCUT2D eigenvalue weighted by Crippen LogP contribution is -2.42. The zero-order valence-corrected chi connectivity index (χ0v) is 18.4. The van der Waals surface area contributed by atoms with E-state index in [1.165, 1.54) is 26.0 Å². The van der Waals surface area contributed by atoms with E-state index in [1.54, 1.807) is 43.3 Å². The molecule has 0 bridgehead atoms. The van der Waals surface area contributed by atoms with Gasteiger partial charge >= 0.3 is 24.1 Å². The van der Waals surface area contributed by atoms with Gasteiger partial charge in [-0.05, 0) is 43.2 Å². The maximum absolute atomic E-state index is 11.9. The highest BCUT2D eigenvalue weighted by molar-refractivity contribution is 5.75. The number of carbonyl (C=O) groups is 4. The Labute approximate surface area is 190 Å². The van der Waals surface area contributed by atoms with Gasteiger partial charge in [-0.15, -0.1) is 0 Å². The second-order valence-electron chi connectivity index (χ2n) is 7.07. The molecule has 0 spiro atoms. The third-order valence-electron chi connectivity index (χ3n) is 4.15. The van der Waals surface area contributed by atoms with Crippen LogP contribution >= 0.6 is 0 Å². The summed E-state index contributed by atoms with van der Waals surface area (Å²) in [5.74, 6) is -1.98. The SMILES string of the molecule is CC(=O)Oc1ccc(C[C@H](NCC(C)OC(=O)Oc2ccccc2)C(=O)O)cc1OC(C)=O. The molecule has 0 amide bonds. The van der Waals surface area contributed by atoms with Gasteiger partial charge in [0, 0.05) is 20.4 Å². The Morgan fingerprint density at radius 1 is 0.909 bits per heavy atom. The average Bonchev–Trinajstić information content (AvgIpc) is 2.72. The van der Waals surface area contributed by atoms with E-state index in [0.29, 0.717) is 11.3 Å². The minimum Gasteiger partial charge on any atom is -0.480 e. The van der Waals surface area contributed by atoms with Gasteiger partial charge in [0.15, 0.2) is 11.5 Å². The average molecular weight is 459 g/mol. The molecule has 10 heteroatoms. The van der Waals surface area contributed by atoms with Gasteiger partial charge in [-0.2, -0.15) is 0 Å². The number of benzene rings is 2. The van der Waals surface area contributed by atoms with Gasteiger partial charge in [0.2, 0.25) is 0 Å². The van der Waals surface area contributed by atoms with E-state index in [4.69, 9.17) is 18.9 Å². The Hall–Kier alpha value is -3.92. The molecular weight excluding hydrogens is 434 g/mol. The first kappa shape index (κ1) is 25.3. The van der Waals surface area contributed by atoms with E-state index in [1.807, 2.05) is 0 Å². The fraction of sp³-hybridized carbons (Fsp3) is 0.304. The minimum atomic E-state index is -1.13. The topological polar surface area (TPSA) is 137 Å². The second kappa shape index (κ2) is 12.2. The molecule has 0 aliphatic carbocycles. The maximum Gasteiger partial charge on any atom is 0.514 e. The number of hydrogen-bond donors (Lipinski definition) is 2. The Morgan fingerprint density at radius 3 is 2.15 bits per heavy atom. The van der Waals surface area contributed by atoms with Gasteiger partial charge in [-0.1, -0.05) is 24.3 Å². The van der Waals surface area contributed by atoms with Crippen LogP contribution in [0.1, 0.15) is 26.3 Å². The summed E-state index contributed by atoms with van der Waals surface area (Å²) in [5, 5.41) is 12.4. The van der Waals surface area contributed by atoms with E-state index >= 15 is 0 Å². The normalized spacial score (nSPS) is 12.2. The monoisotopic (exact) mass is 459 g/mol. The lowest BCUT2D eigenvalue weighted by atomic mass is 10.0. The van der Waals surface area contributed by atoms with Crippen molar-refractivity contribution in [2.24, 2.45) is 0 Å². The first-order chi connectivity index (χ1) is 15.6. The number of nitrogens with one attached hydrogen (secondary N) is 1. The van der Waals surface area contributed by atoms with Crippen molar-refractivity contribution >= 4 is 24.1 Å². The molecule has 2 N–H and O–H groups in total. The van der Waals surface area contributed by atoms with Gasteiger partial charge in [0.1, 0.15) is 17.9 Å². The maximum atomic E-state index is 11.9. The van der Waals surface area contributed by atoms with Crippen LogP contribution in [0.2, 0.25) is 0 Å². The summed E-state index contributed by atoms with van der Waals surface area (Å²) in [7, 11) is 0.